The highest BCUT2D eigenvalue weighted by Gasteiger charge is 2.28. The molecule has 0 aromatic carbocycles. The van der Waals surface area contributed by atoms with Crippen molar-refractivity contribution in [2.45, 2.75) is 31.5 Å². The van der Waals surface area contributed by atoms with Crippen molar-refractivity contribution in [3.8, 4) is 0 Å². The van der Waals surface area contributed by atoms with Gasteiger partial charge in [0.15, 0.2) is 0 Å². The Kier molecular flexibility index (Phi) is 3.61. The summed E-state index contributed by atoms with van der Waals surface area (Å²) in [6, 6.07) is 2.30. The summed E-state index contributed by atoms with van der Waals surface area (Å²) in [6.45, 7) is 1.60. The van der Waals surface area contributed by atoms with Crippen LogP contribution in [-0.2, 0) is 18.3 Å². The van der Waals surface area contributed by atoms with Crippen LogP contribution in [0.25, 0.3) is 0 Å². The van der Waals surface area contributed by atoms with Crippen molar-refractivity contribution in [1.82, 2.24) is 25.3 Å². The predicted octanol–water partition coefficient (Wildman–Crippen LogP) is 1.15. The summed E-state index contributed by atoms with van der Waals surface area (Å²) in [5.41, 5.74) is 2.24. The van der Waals surface area contributed by atoms with Crippen LogP contribution >= 0.6 is 0 Å². The van der Waals surface area contributed by atoms with Crippen LogP contribution in [0.3, 0.4) is 0 Å². The van der Waals surface area contributed by atoms with Gasteiger partial charge in [0.2, 0.25) is 0 Å². The molecule has 0 amide bonds. The van der Waals surface area contributed by atoms with E-state index >= 15 is 0 Å². The molecular weight excluding hydrogens is 242 g/mol. The van der Waals surface area contributed by atoms with Crippen molar-refractivity contribution in [3.63, 3.8) is 0 Å². The van der Waals surface area contributed by atoms with E-state index in [1.54, 1.807) is 6.20 Å². The number of ether oxygens (including phenoxy) is 1. The Bertz CT molecular complexity index is 507. The van der Waals surface area contributed by atoms with Crippen molar-refractivity contribution in [2.24, 2.45) is 7.05 Å². The van der Waals surface area contributed by atoms with Crippen molar-refractivity contribution in [3.05, 3.63) is 35.9 Å². The average Bonchev–Trinajstić information content (AvgIpc) is 3.08. The van der Waals surface area contributed by atoms with Crippen molar-refractivity contribution in [1.29, 1.82) is 0 Å². The molecule has 2 atom stereocenters. The summed E-state index contributed by atoms with van der Waals surface area (Å²) in [4.78, 5) is 0. The van der Waals surface area contributed by atoms with Crippen LogP contribution < -0.4 is 5.32 Å². The zero-order valence-corrected chi connectivity index (χ0v) is 11.0. The van der Waals surface area contributed by atoms with Gasteiger partial charge >= 0.3 is 0 Å². The number of aromatic nitrogens is 4. The molecule has 6 heteroatoms. The van der Waals surface area contributed by atoms with Crippen LogP contribution in [0.5, 0.6) is 0 Å². The van der Waals surface area contributed by atoms with Crippen LogP contribution in [0.15, 0.2) is 24.7 Å². The third kappa shape index (κ3) is 2.85. The van der Waals surface area contributed by atoms with E-state index in [0.29, 0.717) is 6.04 Å². The van der Waals surface area contributed by atoms with Crippen LogP contribution in [0.4, 0.5) is 0 Å². The lowest BCUT2D eigenvalue weighted by molar-refractivity contribution is -0.0113. The lowest BCUT2D eigenvalue weighted by Gasteiger charge is -2.31. The largest absolute Gasteiger partial charge is 0.372 e. The molecule has 0 bridgehead atoms. The Morgan fingerprint density at radius 2 is 2.53 bits per heavy atom. The Morgan fingerprint density at radius 1 is 1.58 bits per heavy atom. The molecule has 102 valence electrons. The lowest BCUT2D eigenvalue weighted by Crippen LogP contribution is -2.39. The Labute approximate surface area is 112 Å². The number of nitrogens with zero attached hydrogens (tertiary/aromatic N) is 3. The molecular formula is C13H19N5O. The second-order valence-corrected chi connectivity index (χ2v) is 4.95. The van der Waals surface area contributed by atoms with Crippen LogP contribution in [0, 0.1) is 0 Å². The summed E-state index contributed by atoms with van der Waals surface area (Å²) in [7, 11) is 1.93. The van der Waals surface area contributed by atoms with Crippen LogP contribution in [0.1, 0.15) is 30.2 Å². The molecule has 1 fully saturated rings. The zero-order chi connectivity index (χ0) is 13.1. The lowest BCUT2D eigenvalue weighted by atomic mass is 9.98. The van der Waals surface area contributed by atoms with Gasteiger partial charge in [0, 0.05) is 49.9 Å². The van der Waals surface area contributed by atoms with E-state index in [2.05, 4.69) is 20.6 Å². The number of hydrogen-bond donors (Lipinski definition) is 2. The summed E-state index contributed by atoms with van der Waals surface area (Å²) in [5.74, 6) is 0. The van der Waals surface area contributed by atoms with Crippen molar-refractivity contribution >= 4 is 0 Å². The van der Waals surface area contributed by atoms with Gasteiger partial charge in [-0.25, -0.2) is 0 Å². The molecule has 2 aromatic rings. The number of nitrogens with one attached hydrogen (secondary N) is 2. The monoisotopic (exact) mass is 261 g/mol. The van der Waals surface area contributed by atoms with Gasteiger partial charge < -0.3 is 10.1 Å². The molecule has 0 unspecified atom stereocenters. The first-order valence-corrected chi connectivity index (χ1v) is 6.65. The van der Waals surface area contributed by atoms with Gasteiger partial charge in [-0.2, -0.15) is 10.2 Å². The van der Waals surface area contributed by atoms with E-state index in [9.17, 15) is 0 Å². The van der Waals surface area contributed by atoms with Gasteiger partial charge in [0.1, 0.15) is 6.10 Å². The minimum Gasteiger partial charge on any atom is -0.372 e. The molecule has 6 nitrogen and oxygen atoms in total. The molecule has 0 saturated carbocycles. The Morgan fingerprint density at radius 3 is 3.26 bits per heavy atom. The highest BCUT2D eigenvalue weighted by atomic mass is 16.5. The minimum absolute atomic E-state index is 0.0883. The first-order chi connectivity index (χ1) is 9.33. The van der Waals surface area contributed by atoms with Gasteiger partial charge in [-0.3, -0.25) is 9.78 Å². The molecule has 0 spiro atoms. The fourth-order valence-corrected chi connectivity index (χ4v) is 2.53. The average molecular weight is 261 g/mol. The molecule has 0 radical (unpaired) electrons. The van der Waals surface area contributed by atoms with E-state index in [4.69, 9.17) is 4.74 Å². The second-order valence-electron chi connectivity index (χ2n) is 4.95. The van der Waals surface area contributed by atoms with Crippen LogP contribution in [0.2, 0.25) is 0 Å². The molecule has 2 aromatic heterocycles. The fourth-order valence-electron chi connectivity index (χ4n) is 2.53. The Hall–Kier alpha value is -1.66. The summed E-state index contributed by atoms with van der Waals surface area (Å²) < 4.78 is 7.74. The van der Waals surface area contributed by atoms with E-state index in [0.717, 1.165) is 37.3 Å². The summed E-state index contributed by atoms with van der Waals surface area (Å²) in [5, 5.41) is 14.7. The number of aryl methyl sites for hydroxylation is 1. The SMILES string of the molecule is Cn1cc([C@H]2OCCC[C@@H]2NCc2ccn[nH]2)cn1. The number of H-pyrrole nitrogens is 1. The Balaban J connectivity index is 1.67. The third-order valence-corrected chi connectivity index (χ3v) is 3.49. The van der Waals surface area contributed by atoms with Gasteiger partial charge in [0.25, 0.3) is 0 Å². The van der Waals surface area contributed by atoms with Crippen LogP contribution in [-0.4, -0.2) is 32.6 Å². The van der Waals surface area contributed by atoms with Gasteiger partial charge in [0.05, 0.1) is 6.20 Å². The standard InChI is InChI=1S/C13H19N5O/c1-18-9-10(7-16-18)13-12(3-2-6-19-13)14-8-11-4-5-15-17-11/h4-5,7,9,12-14H,2-3,6,8H2,1H3,(H,15,17)/t12-,13+/m0/s1. The number of aromatic amines is 1. The van der Waals surface area contributed by atoms with E-state index in [1.165, 1.54) is 0 Å². The first kappa shape index (κ1) is 12.4. The maximum absolute atomic E-state index is 5.92. The molecule has 2 N–H and O–H groups in total. The molecule has 19 heavy (non-hydrogen) atoms. The first-order valence-electron chi connectivity index (χ1n) is 6.65. The minimum atomic E-state index is 0.0883. The highest BCUT2D eigenvalue weighted by molar-refractivity contribution is 5.12. The van der Waals surface area contributed by atoms with Gasteiger partial charge in [-0.15, -0.1) is 0 Å². The molecule has 1 aliphatic heterocycles. The number of rotatable bonds is 4. The van der Waals surface area contributed by atoms with E-state index in [-0.39, 0.29) is 6.10 Å². The fraction of sp³-hybridized carbons (Fsp3) is 0.538. The summed E-state index contributed by atoms with van der Waals surface area (Å²) in [6.07, 6.45) is 7.99. The topological polar surface area (TPSA) is 67.8 Å². The smallest absolute Gasteiger partial charge is 0.101 e. The van der Waals surface area contributed by atoms with Gasteiger partial charge in [-0.1, -0.05) is 0 Å². The maximum Gasteiger partial charge on any atom is 0.101 e. The maximum atomic E-state index is 5.92. The molecule has 1 aliphatic rings. The highest BCUT2D eigenvalue weighted by Crippen LogP contribution is 2.28. The molecule has 3 rings (SSSR count). The second kappa shape index (κ2) is 5.54. The third-order valence-electron chi connectivity index (χ3n) is 3.49. The zero-order valence-electron chi connectivity index (χ0n) is 11.0. The predicted molar refractivity (Wildman–Crippen MR) is 70.4 cm³/mol. The quantitative estimate of drug-likeness (QED) is 0.866. The molecule has 3 heterocycles. The number of hydrogen-bond acceptors (Lipinski definition) is 4. The van der Waals surface area contributed by atoms with Crippen molar-refractivity contribution < 1.29 is 4.74 Å². The van der Waals surface area contributed by atoms with Crippen molar-refractivity contribution in [2.75, 3.05) is 6.61 Å². The van der Waals surface area contributed by atoms with Gasteiger partial charge in [-0.05, 0) is 18.9 Å². The van der Waals surface area contributed by atoms with E-state index < -0.39 is 0 Å². The normalized spacial score (nSPS) is 23.6. The summed E-state index contributed by atoms with van der Waals surface area (Å²) >= 11 is 0. The molecule has 0 aliphatic carbocycles. The van der Waals surface area contributed by atoms with E-state index in [1.807, 2.05) is 30.2 Å². The molecule has 1 saturated heterocycles.